The fourth-order valence-corrected chi connectivity index (χ4v) is 13.5. The maximum atomic E-state index is 14.5. The molecule has 0 aromatic heterocycles. The molecule has 0 aromatic carbocycles. The number of allylic oxidation sites excluding steroid dienone is 4. The molecule has 0 radical (unpaired) electrons. The van der Waals surface area contributed by atoms with E-state index in [1.165, 1.54) is 12.0 Å². The van der Waals surface area contributed by atoms with Crippen molar-refractivity contribution < 1.29 is 32.5 Å². The molecule has 0 amide bonds. The van der Waals surface area contributed by atoms with E-state index in [-0.39, 0.29) is 33.6 Å². The normalized spacial score (nSPS) is 51.0. The van der Waals surface area contributed by atoms with Crippen LogP contribution in [0.25, 0.3) is 0 Å². The highest BCUT2D eigenvalue weighted by Gasteiger charge is 2.79. The van der Waals surface area contributed by atoms with Gasteiger partial charge in [0.15, 0.2) is 11.6 Å². The lowest BCUT2D eigenvalue weighted by atomic mass is 9.54. The molecule has 0 bridgehead atoms. The molecule has 2 spiro atoms. The molecule has 0 aromatic rings. The lowest BCUT2D eigenvalue weighted by Gasteiger charge is -2.49. The second kappa shape index (κ2) is 10.2. The van der Waals surface area contributed by atoms with E-state index < -0.39 is 12.3 Å². The van der Waals surface area contributed by atoms with Gasteiger partial charge in [-0.25, -0.2) is 8.78 Å². The molecule has 3 aliphatic heterocycles. The van der Waals surface area contributed by atoms with Gasteiger partial charge in [0.05, 0.1) is 26.4 Å². The number of hydrogen-bond acceptors (Lipinski definition) is 5. The number of alkyl halides is 2. The average molecular weight is 653 g/mol. The van der Waals surface area contributed by atoms with Crippen molar-refractivity contribution in [1.29, 1.82) is 0 Å². The van der Waals surface area contributed by atoms with Crippen LogP contribution in [0.4, 0.5) is 8.78 Å². The molecule has 7 fully saturated rings. The summed E-state index contributed by atoms with van der Waals surface area (Å²) in [4.78, 5) is 0. The van der Waals surface area contributed by atoms with Gasteiger partial charge in [-0.15, -0.1) is 0 Å². The molecule has 6 unspecified atom stereocenters. The van der Waals surface area contributed by atoms with Crippen LogP contribution in [0.3, 0.4) is 0 Å². The maximum Gasteiger partial charge on any atom is 0.172 e. The zero-order valence-electron chi connectivity index (χ0n) is 28.6. The van der Waals surface area contributed by atoms with Crippen molar-refractivity contribution in [3.05, 3.63) is 34.4 Å². The highest BCUT2D eigenvalue weighted by atomic mass is 19.1. The van der Waals surface area contributed by atoms with Crippen LogP contribution in [-0.4, -0.2) is 61.5 Å². The Morgan fingerprint density at radius 2 is 1.32 bits per heavy atom. The quantitative estimate of drug-likeness (QED) is 0.194. The molecule has 7 heteroatoms. The zero-order valence-corrected chi connectivity index (χ0v) is 28.6. The predicted octanol–water partition coefficient (Wildman–Crippen LogP) is 8.62. The van der Waals surface area contributed by atoms with Gasteiger partial charge in [0.2, 0.25) is 0 Å². The molecule has 5 nitrogen and oxygen atoms in total. The summed E-state index contributed by atoms with van der Waals surface area (Å²) in [5.74, 6) is 1.52. The summed E-state index contributed by atoms with van der Waals surface area (Å²) in [6.45, 7) is 7.30. The van der Waals surface area contributed by atoms with Crippen LogP contribution in [0.5, 0.6) is 0 Å². The Kier molecular flexibility index (Phi) is 6.68. The largest absolute Gasteiger partial charge is 0.358 e. The van der Waals surface area contributed by atoms with Gasteiger partial charge in [-0.1, -0.05) is 31.6 Å². The van der Waals surface area contributed by atoms with Crippen LogP contribution < -0.4 is 0 Å². The number of rotatable bonds is 0. The SMILES string of the molecule is C[C@]12CC=C3C(CCC45CC6(CCC34O5)OCCO6)C1CC[C@H]2F.C[C@]12CC=C3C4=C(CCC3C1CC[C@H]2F)CC1(CC4)OCCO1. The molecular weight excluding hydrogens is 598 g/mol. The molecular formula is C40H54F2O5. The highest BCUT2D eigenvalue weighted by molar-refractivity contribution is 5.45. The van der Waals surface area contributed by atoms with Crippen molar-refractivity contribution in [2.24, 2.45) is 34.5 Å². The fourth-order valence-electron chi connectivity index (χ4n) is 13.5. The van der Waals surface area contributed by atoms with Gasteiger partial charge in [-0.3, -0.25) is 0 Å². The first kappa shape index (κ1) is 30.7. The fraction of sp³-hybridized carbons (Fsp3) is 0.850. The van der Waals surface area contributed by atoms with Gasteiger partial charge in [0.1, 0.15) is 23.5 Å². The topological polar surface area (TPSA) is 49.5 Å². The van der Waals surface area contributed by atoms with Gasteiger partial charge in [0.25, 0.3) is 0 Å². The minimum atomic E-state index is -0.625. The predicted molar refractivity (Wildman–Crippen MR) is 173 cm³/mol. The molecule has 258 valence electrons. The third kappa shape index (κ3) is 4.16. The number of hydrogen-bond donors (Lipinski definition) is 0. The van der Waals surface area contributed by atoms with Gasteiger partial charge in [-0.05, 0) is 117 Å². The van der Waals surface area contributed by atoms with E-state index in [9.17, 15) is 8.78 Å². The Morgan fingerprint density at radius 1 is 0.660 bits per heavy atom. The van der Waals surface area contributed by atoms with Crippen LogP contribution in [0, 0.1) is 34.5 Å². The van der Waals surface area contributed by atoms with Gasteiger partial charge in [0, 0.05) is 36.5 Å². The van der Waals surface area contributed by atoms with Crippen molar-refractivity contribution in [3.8, 4) is 0 Å². The lowest BCUT2D eigenvalue weighted by molar-refractivity contribution is -0.185. The first-order chi connectivity index (χ1) is 22.6. The average Bonchev–Trinajstić information content (AvgIpc) is 3.50. The number of ether oxygens (including phenoxy) is 5. The van der Waals surface area contributed by atoms with Gasteiger partial charge < -0.3 is 23.7 Å². The Morgan fingerprint density at radius 3 is 2.04 bits per heavy atom. The van der Waals surface area contributed by atoms with Crippen molar-refractivity contribution >= 4 is 0 Å². The second-order valence-electron chi connectivity index (χ2n) is 17.9. The monoisotopic (exact) mass is 652 g/mol. The smallest absolute Gasteiger partial charge is 0.172 e. The molecule has 8 aliphatic carbocycles. The van der Waals surface area contributed by atoms with E-state index in [0.717, 1.165) is 110 Å². The summed E-state index contributed by atoms with van der Waals surface area (Å²) in [5.41, 5.74) is 5.92. The van der Waals surface area contributed by atoms with Crippen LogP contribution in [0.1, 0.15) is 117 Å². The van der Waals surface area contributed by atoms with Gasteiger partial charge >= 0.3 is 0 Å². The Balaban J connectivity index is 0.000000121. The van der Waals surface area contributed by atoms with Crippen LogP contribution in [0.15, 0.2) is 34.4 Å². The lowest BCUT2D eigenvalue weighted by Crippen LogP contribution is -2.51. The van der Waals surface area contributed by atoms with Gasteiger partial charge in [-0.2, -0.15) is 0 Å². The summed E-state index contributed by atoms with van der Waals surface area (Å²) in [6, 6.07) is 0. The number of fused-ring (bicyclic) bond motifs is 7. The number of epoxide rings is 1. The van der Waals surface area contributed by atoms with Crippen LogP contribution in [0.2, 0.25) is 0 Å². The van der Waals surface area contributed by atoms with Crippen molar-refractivity contribution in [3.63, 3.8) is 0 Å². The summed E-state index contributed by atoms with van der Waals surface area (Å²) < 4.78 is 59.4. The van der Waals surface area contributed by atoms with Crippen molar-refractivity contribution in [1.82, 2.24) is 0 Å². The van der Waals surface area contributed by atoms with Crippen LogP contribution >= 0.6 is 0 Å². The molecule has 10 atom stereocenters. The zero-order chi connectivity index (χ0) is 31.9. The molecule has 0 N–H and O–H groups in total. The van der Waals surface area contributed by atoms with E-state index in [0.29, 0.717) is 36.9 Å². The molecule has 11 aliphatic rings. The van der Waals surface area contributed by atoms with Crippen LogP contribution in [-0.2, 0) is 23.7 Å². The van der Waals surface area contributed by atoms with E-state index in [4.69, 9.17) is 23.7 Å². The first-order valence-corrected chi connectivity index (χ1v) is 19.3. The highest BCUT2D eigenvalue weighted by Crippen LogP contribution is 2.73. The molecule has 47 heavy (non-hydrogen) atoms. The maximum absolute atomic E-state index is 14.5. The van der Waals surface area contributed by atoms with E-state index in [1.807, 2.05) is 0 Å². The van der Waals surface area contributed by atoms with E-state index >= 15 is 0 Å². The Labute approximate surface area is 279 Å². The standard InChI is InChI=1S/C20H27FO3.C20H27FO2/c1-17-6-5-15-13(14(17)2-3-16(17)21)4-7-18-12-19(22-10-11-23-19)8-9-20(15,18)24-18;1-19-8-6-15-14-7-9-20(22-10-11-23-20)12-13(14)2-3-16(15)17(19)4-5-18(19)21/h5,13-14,16H,2-4,6-12H2,1H3;6,16-18H,2-5,7-12H2,1H3/t13?,14?,16-,17+,18?,20?;16?,17?,18-,19+/m11/s1. The minimum Gasteiger partial charge on any atom is -0.358 e. The van der Waals surface area contributed by atoms with E-state index in [1.54, 1.807) is 16.7 Å². The first-order valence-electron chi connectivity index (χ1n) is 19.3. The number of halogens is 2. The molecule has 3 saturated heterocycles. The van der Waals surface area contributed by atoms with Crippen molar-refractivity contribution in [2.75, 3.05) is 26.4 Å². The van der Waals surface area contributed by atoms with E-state index in [2.05, 4.69) is 26.0 Å². The summed E-state index contributed by atoms with van der Waals surface area (Å²) in [5, 5.41) is 0. The summed E-state index contributed by atoms with van der Waals surface area (Å²) in [6.07, 6.45) is 19.5. The third-order valence-electron chi connectivity index (χ3n) is 16.1. The summed E-state index contributed by atoms with van der Waals surface area (Å²) >= 11 is 0. The minimum absolute atomic E-state index is 0.0562. The summed E-state index contributed by atoms with van der Waals surface area (Å²) in [7, 11) is 0. The second-order valence-corrected chi connectivity index (χ2v) is 17.9. The molecule has 11 rings (SSSR count). The molecule has 4 saturated carbocycles. The van der Waals surface area contributed by atoms with Crippen molar-refractivity contribution in [2.45, 2.75) is 152 Å². The molecule has 3 heterocycles. The third-order valence-corrected chi connectivity index (χ3v) is 16.1. The Bertz CT molecular complexity index is 1420. The Hall–Kier alpha value is -1.12.